The number of rotatable bonds is 0. The van der Waals surface area contributed by atoms with Crippen LogP contribution in [0.3, 0.4) is 0 Å². The van der Waals surface area contributed by atoms with E-state index in [1.54, 1.807) is 0 Å². The summed E-state index contributed by atoms with van der Waals surface area (Å²) >= 11 is 0. The van der Waals surface area contributed by atoms with Crippen molar-refractivity contribution in [3.63, 3.8) is 0 Å². The van der Waals surface area contributed by atoms with Crippen molar-refractivity contribution in [3.05, 3.63) is 0 Å². The van der Waals surface area contributed by atoms with Crippen LogP contribution in [0.25, 0.3) is 0 Å². The van der Waals surface area contributed by atoms with Crippen LogP contribution in [0.1, 0.15) is 0 Å². The molecule has 0 saturated heterocycles. The van der Waals surface area contributed by atoms with E-state index in [0.717, 1.165) is 0 Å². The van der Waals surface area contributed by atoms with Gasteiger partial charge in [-0.3, -0.25) is 0 Å². The molecule has 0 atom stereocenters. The molecule has 4 heteroatoms. The molecule has 0 saturated carbocycles. The van der Waals surface area contributed by atoms with Crippen molar-refractivity contribution >= 4 is 0 Å². The lowest BCUT2D eigenvalue weighted by molar-refractivity contribution is 2.13. The van der Waals surface area contributed by atoms with E-state index in [9.17, 15) is 0 Å². The predicted molar refractivity (Wildman–Crippen MR) is 8.54 cm³/mol. The van der Waals surface area contributed by atoms with E-state index in [2.05, 4.69) is 0 Å². The zero-order valence-electron chi connectivity index (χ0n) is 1.79. The number of hydrogen-bond donors (Lipinski definition) is 0. The molecule has 0 rings (SSSR count). The van der Waals surface area contributed by atoms with E-state index < -0.39 is 0 Å². The smallest absolute Gasteiger partial charge is 0 e. The number of hydrogen-bond acceptors (Lipinski definition) is 0. The fourth-order valence-corrected chi connectivity index (χ4v) is 0. The van der Waals surface area contributed by atoms with Gasteiger partial charge < -0.3 is 0 Å². The molecule has 0 aliphatic carbocycles. The third-order valence-corrected chi connectivity index (χ3v) is 0. The van der Waals surface area contributed by atoms with E-state index in [4.69, 9.17) is 0 Å². The standard InChI is InChI=1S/4N. The van der Waals surface area contributed by atoms with Gasteiger partial charge in [0.15, 0.2) is 0 Å². The Hall–Kier alpha value is -0.160. The molecule has 0 aliphatic heterocycles. The average Bonchev–Trinajstić information content (AvgIpc) is 0. The Balaban J connectivity index is 0. The van der Waals surface area contributed by atoms with Crippen molar-refractivity contribution in [2.45, 2.75) is 0 Å². The van der Waals surface area contributed by atoms with E-state index in [-0.39, 0.29) is 24.6 Å². The van der Waals surface area contributed by atoms with Gasteiger partial charge in [0, 0.05) is 24.6 Å². The number of nitrogens with zero attached hydrogens (tertiary/aromatic N) is 4. The fraction of sp³-hybridized carbons (Fsp3) is 0. The second-order valence-corrected chi connectivity index (χ2v) is 0. The molecule has 0 aliphatic rings. The molecule has 0 bridgehead atoms. The summed E-state index contributed by atoms with van der Waals surface area (Å²) in [5.74, 6) is 0. The highest BCUT2D eigenvalue weighted by atomic mass is 14.0. The van der Waals surface area contributed by atoms with Crippen LogP contribution in [-0.4, -0.2) is 0 Å². The molecule has 0 heterocycles. The molecule has 0 unspecified atom stereocenters. The Morgan fingerprint density at radius 1 is 0.250 bits per heavy atom. The van der Waals surface area contributed by atoms with Crippen LogP contribution in [0.5, 0.6) is 0 Å². The average molecular weight is 56.0 g/mol. The Labute approximate surface area is 25.9 Å². The van der Waals surface area contributed by atoms with Crippen molar-refractivity contribution in [1.82, 2.24) is 24.6 Å². The molecule has 12 radical (unpaired) electrons. The van der Waals surface area contributed by atoms with Crippen molar-refractivity contribution in [3.8, 4) is 0 Å². The summed E-state index contributed by atoms with van der Waals surface area (Å²) in [6.07, 6.45) is 0. The maximum Gasteiger partial charge on any atom is 0 e. The van der Waals surface area contributed by atoms with Gasteiger partial charge in [0.2, 0.25) is 0 Å². The minimum atomic E-state index is 0. The first-order chi connectivity index (χ1) is 0. The van der Waals surface area contributed by atoms with Crippen LogP contribution >= 0.6 is 0 Å². The third kappa shape index (κ3) is 50.7. The summed E-state index contributed by atoms with van der Waals surface area (Å²) in [6, 6.07) is 0. The molecule has 0 aromatic carbocycles. The monoisotopic (exact) mass is 56.0 g/mol. The third-order valence-electron chi connectivity index (χ3n) is 0. The van der Waals surface area contributed by atoms with Crippen LogP contribution in [-0.2, 0) is 0 Å². The summed E-state index contributed by atoms with van der Waals surface area (Å²) in [5.41, 5.74) is 0. The van der Waals surface area contributed by atoms with Gasteiger partial charge >= 0.3 is 0 Å². The van der Waals surface area contributed by atoms with Gasteiger partial charge in [-0.05, 0) is 0 Å². The van der Waals surface area contributed by atoms with Crippen LogP contribution < -0.4 is 24.6 Å². The van der Waals surface area contributed by atoms with Crippen molar-refractivity contribution in [1.29, 1.82) is 0 Å². The molecule has 0 aromatic rings. The molecule has 0 fully saturated rings. The molecule has 0 aromatic heterocycles. The molecule has 0 N–H and O–H groups in total. The summed E-state index contributed by atoms with van der Waals surface area (Å²) < 4.78 is 0. The zero-order valence-corrected chi connectivity index (χ0v) is 1.79. The van der Waals surface area contributed by atoms with E-state index in [1.165, 1.54) is 0 Å². The minimum Gasteiger partial charge on any atom is 0 e. The largest absolute Gasteiger partial charge is 0 e. The van der Waals surface area contributed by atoms with Crippen LogP contribution in [0.2, 0.25) is 0 Å². The molecular weight excluding hydrogens is 56.0 g/mol. The Kier molecular flexibility index (Phi) is 114000. The fourth-order valence-electron chi connectivity index (χ4n) is 0. The van der Waals surface area contributed by atoms with Gasteiger partial charge in [0.1, 0.15) is 0 Å². The maximum atomic E-state index is 0. The van der Waals surface area contributed by atoms with E-state index in [0.29, 0.717) is 0 Å². The Bertz CT molecular complexity index is 0. The lowest BCUT2D eigenvalue weighted by Crippen LogP contribution is -0.482. The predicted octanol–water partition coefficient (Wildman–Crippen LogP) is -1.92. The summed E-state index contributed by atoms with van der Waals surface area (Å²) in [5, 5.41) is 0. The van der Waals surface area contributed by atoms with Crippen LogP contribution in [0.4, 0.5) is 0 Å². The van der Waals surface area contributed by atoms with E-state index >= 15 is 0 Å². The molecule has 0 amide bonds. The van der Waals surface area contributed by atoms with Crippen LogP contribution in [0, 0.1) is 0 Å². The lowest BCUT2D eigenvalue weighted by Gasteiger charge is -0.00100. The topological polar surface area (TPSA) is 122 Å². The highest BCUT2D eigenvalue weighted by Gasteiger charge is 0.00300. The van der Waals surface area contributed by atoms with Gasteiger partial charge in [-0.25, -0.2) is 0 Å². The summed E-state index contributed by atoms with van der Waals surface area (Å²) in [6.45, 7) is 0. The SMILES string of the molecule is [N].[N].[N].[N]. The molecule has 4 heavy (non-hydrogen) atoms. The van der Waals surface area contributed by atoms with Gasteiger partial charge in [0.05, 0.1) is 0 Å². The summed E-state index contributed by atoms with van der Waals surface area (Å²) in [4.78, 5) is 0. The van der Waals surface area contributed by atoms with Crippen LogP contribution in [0.15, 0.2) is 0 Å². The van der Waals surface area contributed by atoms with Crippen molar-refractivity contribution < 1.29 is 0 Å². The highest BCUT2D eigenvalue weighted by molar-refractivity contribution is 2.14. The quantitative estimate of drug-likeness (QED) is 0.307. The van der Waals surface area contributed by atoms with Crippen molar-refractivity contribution in [2.24, 2.45) is 0 Å². The van der Waals surface area contributed by atoms with E-state index in [1.807, 2.05) is 0 Å². The molecular formula is N4. The molecule has 0 spiro atoms. The van der Waals surface area contributed by atoms with Crippen molar-refractivity contribution in [2.75, 3.05) is 0 Å². The first kappa shape index (κ1) is 1210. The zero-order chi connectivity index (χ0) is 0. The second kappa shape index (κ2) is 376. The maximum absolute atomic E-state index is 0. The van der Waals surface area contributed by atoms with Gasteiger partial charge in [0.25, 0.3) is 0 Å². The first-order valence-electron chi connectivity index (χ1n) is 0. The Morgan fingerprint density at radius 3 is 0.250 bits per heavy atom. The lowest BCUT2D eigenvalue weighted by atomic mass is 14.0. The highest BCUT2D eigenvalue weighted by Crippen LogP contribution is -0.478. The molecule has 4 nitrogen and oxygen atoms in total. The second-order valence-electron chi connectivity index (χ2n) is 0. The normalized spacial score (nSPS) is 0. The van der Waals surface area contributed by atoms with Gasteiger partial charge in [-0.1, -0.05) is 0 Å². The summed E-state index contributed by atoms with van der Waals surface area (Å²) in [7, 11) is 0. The van der Waals surface area contributed by atoms with Gasteiger partial charge in [-0.15, -0.1) is 0 Å². The Morgan fingerprint density at radius 2 is 0.250 bits per heavy atom. The minimum absolute atomic E-state index is 0. The van der Waals surface area contributed by atoms with Gasteiger partial charge in [-0.2, -0.15) is 0 Å². The first-order valence-corrected chi connectivity index (χ1v) is 0. The molecule has 20 valence electrons.